The van der Waals surface area contributed by atoms with Gasteiger partial charge in [0.15, 0.2) is 0 Å². The van der Waals surface area contributed by atoms with Crippen LogP contribution >= 0.6 is 17.8 Å². The summed E-state index contributed by atoms with van der Waals surface area (Å²) in [5, 5.41) is 0. The fourth-order valence-corrected chi connectivity index (χ4v) is 0.614. The number of hydrogen-bond acceptors (Lipinski definition) is 1. The topological polar surface area (TPSA) is 26.0 Å². The van der Waals surface area contributed by atoms with Crippen molar-refractivity contribution in [3.8, 4) is 0 Å². The standard InChI is InChI=1S/C7H9N.Cl2I/c8-6-7-4-2-1-3-5-7;1-3-2/h1-5H,6,8H2;/q;-1. The van der Waals surface area contributed by atoms with Crippen LogP contribution in [0.2, 0.25) is 0 Å². The molecule has 64 valence electrons. The molecule has 0 spiro atoms. The number of nitrogens with two attached hydrogens (primary N) is 1. The van der Waals surface area contributed by atoms with Crippen LogP contribution in [-0.4, -0.2) is 0 Å². The summed E-state index contributed by atoms with van der Waals surface area (Å²) in [5.41, 5.74) is 6.54. The molecule has 0 amide bonds. The fraction of sp³-hybridized carbons (Fsp3) is 0.143. The van der Waals surface area contributed by atoms with Crippen LogP contribution in [0.15, 0.2) is 30.3 Å². The Balaban J connectivity index is 0.000000292. The van der Waals surface area contributed by atoms with Crippen LogP contribution in [-0.2, 0) is 6.54 Å². The maximum absolute atomic E-state index is 5.35. The third-order valence-electron chi connectivity index (χ3n) is 1.08. The normalized spacial score (nSPS) is 8.64. The van der Waals surface area contributed by atoms with Gasteiger partial charge in [-0.15, -0.1) is 0 Å². The van der Waals surface area contributed by atoms with E-state index >= 15 is 0 Å². The molecular formula is C7H9Cl2IN-. The summed E-state index contributed by atoms with van der Waals surface area (Å²) in [4.78, 5) is 0. The maximum Gasteiger partial charge on any atom is 0.0178 e. The van der Waals surface area contributed by atoms with Crippen molar-refractivity contribution in [2.24, 2.45) is 5.73 Å². The van der Waals surface area contributed by atoms with Gasteiger partial charge in [-0.25, -0.2) is 0 Å². The zero-order valence-electron chi connectivity index (χ0n) is 5.81. The average Bonchev–Trinajstić information content (AvgIpc) is 2.08. The second kappa shape index (κ2) is 8.59. The van der Waals surface area contributed by atoms with E-state index in [2.05, 4.69) is 0 Å². The Hall–Kier alpha value is 0.490. The van der Waals surface area contributed by atoms with Crippen molar-refractivity contribution in [2.75, 3.05) is 0 Å². The van der Waals surface area contributed by atoms with Gasteiger partial charge >= 0.3 is 36.8 Å². The predicted octanol–water partition coefficient (Wildman–Crippen LogP) is -0.472. The molecule has 0 aromatic heterocycles. The van der Waals surface area contributed by atoms with E-state index in [1.165, 1.54) is 5.56 Å². The first kappa shape index (κ1) is 11.5. The Morgan fingerprint density at radius 1 is 1.18 bits per heavy atom. The van der Waals surface area contributed by atoms with Gasteiger partial charge in [0.05, 0.1) is 0 Å². The second-order valence-electron chi connectivity index (χ2n) is 1.74. The Morgan fingerprint density at radius 3 is 1.91 bits per heavy atom. The Kier molecular flexibility index (Phi) is 8.97. The van der Waals surface area contributed by atoms with Crippen molar-refractivity contribution in [1.29, 1.82) is 0 Å². The molecule has 0 saturated heterocycles. The molecule has 1 aromatic rings. The minimum Gasteiger partial charge on any atom is -0.326 e. The predicted molar refractivity (Wildman–Crippen MR) is 46.0 cm³/mol. The summed E-state index contributed by atoms with van der Waals surface area (Å²) in [5.74, 6) is 0. The van der Waals surface area contributed by atoms with Crippen molar-refractivity contribution in [3.05, 3.63) is 35.9 Å². The van der Waals surface area contributed by atoms with E-state index < -0.39 is 18.9 Å². The van der Waals surface area contributed by atoms with Crippen LogP contribution in [0.4, 0.5) is 0 Å². The van der Waals surface area contributed by atoms with Crippen LogP contribution in [0.1, 0.15) is 5.56 Å². The van der Waals surface area contributed by atoms with Gasteiger partial charge in [-0.2, -0.15) is 0 Å². The molecule has 0 fully saturated rings. The third-order valence-corrected chi connectivity index (χ3v) is 1.08. The smallest absolute Gasteiger partial charge is 0.0178 e. The zero-order valence-corrected chi connectivity index (χ0v) is 9.47. The quantitative estimate of drug-likeness (QED) is 0.698. The molecule has 0 aliphatic carbocycles. The van der Waals surface area contributed by atoms with Crippen LogP contribution in [0.5, 0.6) is 0 Å². The molecule has 0 atom stereocenters. The molecule has 1 nitrogen and oxygen atoms in total. The average molecular weight is 305 g/mol. The van der Waals surface area contributed by atoms with Gasteiger partial charge in [-0.1, -0.05) is 30.3 Å². The zero-order chi connectivity index (χ0) is 8.53. The van der Waals surface area contributed by atoms with Gasteiger partial charge in [0.25, 0.3) is 0 Å². The Labute approximate surface area is 84.6 Å². The number of halogens is 3. The molecule has 0 heterocycles. The molecule has 1 aromatic carbocycles. The van der Waals surface area contributed by atoms with Crippen molar-refractivity contribution in [1.82, 2.24) is 0 Å². The summed E-state index contributed by atoms with van der Waals surface area (Å²) in [7, 11) is 9.75. The molecule has 0 radical (unpaired) electrons. The molecule has 4 heteroatoms. The number of rotatable bonds is 1. The third kappa shape index (κ3) is 6.87. The minimum atomic E-state index is -0.466. The van der Waals surface area contributed by atoms with Crippen LogP contribution in [0.3, 0.4) is 0 Å². The first-order valence-corrected chi connectivity index (χ1v) is 8.42. The van der Waals surface area contributed by atoms with Crippen LogP contribution in [0.25, 0.3) is 0 Å². The molecule has 11 heavy (non-hydrogen) atoms. The van der Waals surface area contributed by atoms with Crippen LogP contribution < -0.4 is 24.7 Å². The fourth-order valence-electron chi connectivity index (χ4n) is 0.614. The molecule has 0 saturated carbocycles. The van der Waals surface area contributed by atoms with Gasteiger partial charge in [0.1, 0.15) is 0 Å². The van der Waals surface area contributed by atoms with Crippen molar-refractivity contribution in [2.45, 2.75) is 6.54 Å². The first-order chi connectivity index (χ1) is 5.35. The van der Waals surface area contributed by atoms with E-state index in [-0.39, 0.29) is 0 Å². The Morgan fingerprint density at radius 2 is 1.64 bits per heavy atom. The largest absolute Gasteiger partial charge is 0.326 e. The summed E-state index contributed by atoms with van der Waals surface area (Å²) in [6, 6.07) is 9.99. The van der Waals surface area contributed by atoms with Crippen molar-refractivity contribution in [3.63, 3.8) is 0 Å². The molecule has 0 unspecified atom stereocenters. The first-order valence-electron chi connectivity index (χ1n) is 2.96. The van der Waals surface area contributed by atoms with E-state index in [9.17, 15) is 0 Å². The second-order valence-corrected chi connectivity index (χ2v) is 4.95. The summed E-state index contributed by atoms with van der Waals surface area (Å²) < 4.78 is 0. The van der Waals surface area contributed by atoms with Gasteiger partial charge in [-0.3, -0.25) is 0 Å². The summed E-state index contributed by atoms with van der Waals surface area (Å²) in [6.45, 7) is 0.640. The van der Waals surface area contributed by atoms with E-state index in [0.29, 0.717) is 6.54 Å². The minimum absolute atomic E-state index is 0.466. The molecule has 0 bridgehead atoms. The molecule has 0 aliphatic heterocycles. The monoisotopic (exact) mass is 304 g/mol. The van der Waals surface area contributed by atoms with Crippen LogP contribution in [0, 0.1) is 0 Å². The molecule has 0 aliphatic rings. The summed E-state index contributed by atoms with van der Waals surface area (Å²) >= 11 is -0.466. The van der Waals surface area contributed by atoms with E-state index in [1.807, 2.05) is 30.3 Å². The van der Waals surface area contributed by atoms with Gasteiger partial charge in [0.2, 0.25) is 0 Å². The summed E-state index contributed by atoms with van der Waals surface area (Å²) in [6.07, 6.45) is 0. The van der Waals surface area contributed by atoms with Crippen molar-refractivity contribution < 1.29 is 18.9 Å². The SMILES string of the molecule is Cl[I-]Cl.NCc1ccccc1. The van der Waals surface area contributed by atoms with Crippen molar-refractivity contribution >= 4 is 17.8 Å². The van der Waals surface area contributed by atoms with E-state index in [4.69, 9.17) is 23.6 Å². The van der Waals surface area contributed by atoms with Gasteiger partial charge in [0, 0.05) is 6.54 Å². The number of benzene rings is 1. The number of hydrogen-bond donors (Lipinski definition) is 1. The molecule has 1 rings (SSSR count). The molecule has 2 N–H and O–H groups in total. The maximum atomic E-state index is 5.35. The van der Waals surface area contributed by atoms with Gasteiger partial charge in [-0.05, 0) is 5.56 Å². The van der Waals surface area contributed by atoms with Gasteiger partial charge < -0.3 is 5.73 Å². The molecular weight excluding hydrogens is 296 g/mol. The Bertz CT molecular complexity index is 169. The van der Waals surface area contributed by atoms with E-state index in [0.717, 1.165) is 0 Å². The van der Waals surface area contributed by atoms with E-state index in [1.54, 1.807) is 0 Å².